The molecule has 21 heteroatoms. The maximum absolute atomic E-state index is 14.9. The van der Waals surface area contributed by atoms with Crippen LogP contribution in [0.1, 0.15) is 77.6 Å². The Morgan fingerprint density at radius 1 is 0.590 bits per heavy atom. The molecule has 0 heterocycles. The Morgan fingerprint density at radius 2 is 0.918 bits per heavy atom. The van der Waals surface area contributed by atoms with Crippen molar-refractivity contribution in [2.24, 2.45) is 0 Å². The van der Waals surface area contributed by atoms with Crippen LogP contribution >= 0.6 is 0 Å². The number of carbonyl (C=O) groups excluding carboxylic acids is 2. The summed E-state index contributed by atoms with van der Waals surface area (Å²) in [5.74, 6) is -2.28. The van der Waals surface area contributed by atoms with Crippen molar-refractivity contribution in [3.05, 3.63) is 95.1 Å². The first-order chi connectivity index (χ1) is 27.1. The van der Waals surface area contributed by atoms with Crippen molar-refractivity contribution in [1.82, 2.24) is 0 Å². The van der Waals surface area contributed by atoms with Crippen LogP contribution in [0, 0.1) is 6.07 Å². The number of carbonyl (C=O) groups is 2. The summed E-state index contributed by atoms with van der Waals surface area (Å²) in [7, 11) is 0. The van der Waals surface area contributed by atoms with Crippen molar-refractivity contribution >= 4 is 11.9 Å². The Hall–Kier alpha value is -3.04. The van der Waals surface area contributed by atoms with Gasteiger partial charge in [-0.1, -0.05) is 31.4 Å². The van der Waals surface area contributed by atoms with Gasteiger partial charge in [-0.25, -0.2) is 9.59 Å². The fourth-order valence-corrected chi connectivity index (χ4v) is 5.23. The van der Waals surface area contributed by atoms with Crippen LogP contribution < -0.4 is 0 Å². The third-order valence-electron chi connectivity index (χ3n) is 9.45. The number of hydrogen-bond donors (Lipinski definition) is 0. The minimum absolute atomic E-state index is 0. The summed E-state index contributed by atoms with van der Waals surface area (Å²) in [4.78, 5) is 24.4. The second-order valence-corrected chi connectivity index (χ2v) is 14.4. The van der Waals surface area contributed by atoms with E-state index in [9.17, 15) is 62.3 Å². The number of rotatable bonds is 19. The quantitative estimate of drug-likeness (QED) is 0.0595. The second-order valence-electron chi connectivity index (χ2n) is 14.4. The van der Waals surface area contributed by atoms with Crippen molar-refractivity contribution in [2.45, 2.75) is 115 Å². The minimum atomic E-state index is -5.49. The van der Waals surface area contributed by atoms with E-state index in [4.69, 9.17) is 28.4 Å². The largest absolute Gasteiger partial charge is 0.457 e. The van der Waals surface area contributed by atoms with Crippen LogP contribution in [0.5, 0.6) is 0 Å². The third-order valence-corrected chi connectivity index (χ3v) is 9.45. The molecule has 6 atom stereocenters. The van der Waals surface area contributed by atoms with Crippen LogP contribution in [0.25, 0.3) is 0 Å². The van der Waals surface area contributed by atoms with Crippen molar-refractivity contribution in [3.63, 3.8) is 0 Å². The first-order valence-corrected chi connectivity index (χ1v) is 17.8. The molecule has 2 aromatic rings. The summed E-state index contributed by atoms with van der Waals surface area (Å²) in [6.45, 7) is 9.15. The molecule has 8 nitrogen and oxygen atoms in total. The van der Waals surface area contributed by atoms with E-state index in [0.29, 0.717) is 52.0 Å². The van der Waals surface area contributed by atoms with Gasteiger partial charge in [0.05, 0.1) is 19.8 Å². The molecule has 0 aliphatic heterocycles. The topological polar surface area (TPSA) is 89.5 Å². The Labute approximate surface area is 370 Å². The van der Waals surface area contributed by atoms with Gasteiger partial charge in [0, 0.05) is 50.5 Å². The number of alkyl halides is 12. The normalized spacial score (nSPS) is 17.6. The molecule has 2 aromatic carbocycles. The summed E-state index contributed by atoms with van der Waals surface area (Å²) in [6.07, 6.45) is -24.8. The predicted molar refractivity (Wildman–Crippen MR) is 190 cm³/mol. The first-order valence-electron chi connectivity index (χ1n) is 17.8. The molecule has 1 radical (unpaired) electrons. The van der Waals surface area contributed by atoms with Gasteiger partial charge in [0.15, 0.2) is 11.2 Å². The van der Waals surface area contributed by atoms with E-state index in [0.717, 1.165) is 25.1 Å². The van der Waals surface area contributed by atoms with Crippen LogP contribution in [-0.4, -0.2) is 75.3 Å². The molecule has 0 aliphatic carbocycles. The molecule has 0 N–H and O–H groups in total. The molecule has 0 bridgehead atoms. The molecule has 0 saturated heterocycles. The summed E-state index contributed by atoms with van der Waals surface area (Å²) >= 11 is 0. The molecule has 61 heavy (non-hydrogen) atoms. The number of hydrogen-bond acceptors (Lipinski definition) is 8. The monoisotopic (exact) mass is 970 g/mol. The van der Waals surface area contributed by atoms with Crippen LogP contribution in [0.3, 0.4) is 0 Å². The SMILES string of the molecule is C=C(C)C(=O)OC(C)COC(C)(c1c[c-]cc(C(C)(OCC(COC(C)(c2cccc(C(C)(OCC)C(F)(F)F)c2)C(F)(F)F)OC(=O)C(=C)C)C(F)(F)F)c1)C(F)(F)F.[Y]. The maximum Gasteiger partial charge on any atom is 0.421 e. The van der Waals surface area contributed by atoms with Crippen LogP contribution in [0.2, 0.25) is 0 Å². The zero-order valence-electron chi connectivity index (χ0n) is 34.3. The van der Waals surface area contributed by atoms with Gasteiger partial charge >= 0.3 is 36.6 Å². The second kappa shape index (κ2) is 20.6. The molecule has 0 fully saturated rings. The summed E-state index contributed by atoms with van der Waals surface area (Å²) in [5.41, 5.74) is -17.6. The standard InChI is InChI=1S/C40H45F12O8.Y/c1-11-55-33(7,37(41,42)43)26-14-12-16-28(18-26)35(9,39(47,48)49)57-21-30(60-32(54)24(4)5)22-58-36(10,40(50,51)52)29-17-13-15-27(19-29)34(8,38(44,45)46)56-20-25(6)59-31(53)23(2)3;/h12,14-19,25,30H,2,4,11,20-22H2,1,3,5-10H3;/q-1;. The number of benzene rings is 2. The van der Waals surface area contributed by atoms with Gasteiger partial charge in [0.2, 0.25) is 0 Å². The average Bonchev–Trinajstić information content (AvgIpc) is 3.12. The van der Waals surface area contributed by atoms with E-state index in [-0.39, 0.29) is 43.9 Å². The van der Waals surface area contributed by atoms with Crippen molar-refractivity contribution < 1.29 is 123 Å². The predicted octanol–water partition coefficient (Wildman–Crippen LogP) is 10.4. The molecule has 0 spiro atoms. The third kappa shape index (κ3) is 13.0. The van der Waals surface area contributed by atoms with E-state index in [1.807, 2.05) is 0 Å². The van der Waals surface area contributed by atoms with Gasteiger partial charge in [0.1, 0.15) is 23.4 Å². The van der Waals surface area contributed by atoms with E-state index < -0.39 is 120 Å². The molecular weight excluding hydrogens is 925 g/mol. The average molecular weight is 971 g/mol. The van der Waals surface area contributed by atoms with Crippen LogP contribution in [0.4, 0.5) is 52.7 Å². The molecule has 0 amide bonds. The Balaban J connectivity index is 0.0000186. The van der Waals surface area contributed by atoms with Gasteiger partial charge in [-0.05, 0) is 72.6 Å². The summed E-state index contributed by atoms with van der Waals surface area (Å²) in [6, 6.07) is 6.98. The maximum atomic E-state index is 14.9. The Kier molecular flexibility index (Phi) is 18.9. The van der Waals surface area contributed by atoms with Crippen molar-refractivity contribution in [3.8, 4) is 0 Å². The van der Waals surface area contributed by atoms with E-state index in [2.05, 4.69) is 19.2 Å². The van der Waals surface area contributed by atoms with Gasteiger partial charge in [-0.2, -0.15) is 77.0 Å². The fourth-order valence-electron chi connectivity index (χ4n) is 5.23. The van der Waals surface area contributed by atoms with Gasteiger partial charge in [0.25, 0.3) is 0 Å². The summed E-state index contributed by atoms with van der Waals surface area (Å²) < 4.78 is 206. The molecule has 0 saturated carbocycles. The van der Waals surface area contributed by atoms with Crippen LogP contribution in [-0.2, 0) is 93.1 Å². The van der Waals surface area contributed by atoms with E-state index in [1.54, 1.807) is 0 Å². The van der Waals surface area contributed by atoms with E-state index >= 15 is 0 Å². The minimum Gasteiger partial charge on any atom is -0.457 e. The molecule has 6 unspecified atom stereocenters. The van der Waals surface area contributed by atoms with Crippen molar-refractivity contribution in [1.29, 1.82) is 0 Å². The van der Waals surface area contributed by atoms with Gasteiger partial charge in [-0.15, -0.1) is 11.1 Å². The zero-order chi connectivity index (χ0) is 46.5. The molecular formula is C40H45F12O8Y-. The van der Waals surface area contributed by atoms with Gasteiger partial charge < -0.3 is 28.4 Å². The van der Waals surface area contributed by atoms with Crippen LogP contribution in [0.15, 0.2) is 66.8 Å². The van der Waals surface area contributed by atoms with E-state index in [1.165, 1.54) is 20.8 Å². The number of ether oxygens (including phenoxy) is 6. The number of esters is 2. The van der Waals surface area contributed by atoms with Gasteiger partial charge in [-0.3, -0.25) is 0 Å². The fraction of sp³-hybridized carbons (Fsp3) is 0.550. The zero-order valence-corrected chi connectivity index (χ0v) is 37.2. The molecule has 2 rings (SSSR count). The Bertz CT molecular complexity index is 1850. The molecule has 0 aliphatic rings. The molecule has 341 valence electrons. The summed E-state index contributed by atoms with van der Waals surface area (Å²) in [5, 5.41) is 0. The number of halogens is 12. The first kappa shape index (κ1) is 56.0. The smallest absolute Gasteiger partial charge is 0.421 e. The Morgan fingerprint density at radius 3 is 1.28 bits per heavy atom. The van der Waals surface area contributed by atoms with Crippen molar-refractivity contribution in [2.75, 3.05) is 26.4 Å². The molecule has 0 aromatic heterocycles.